The van der Waals surface area contributed by atoms with E-state index in [0.717, 1.165) is 40.5 Å². The number of nitrogens with zero attached hydrogens (tertiary/aromatic N) is 2. The summed E-state index contributed by atoms with van der Waals surface area (Å²) in [7, 11) is 3.03. The third-order valence-corrected chi connectivity index (χ3v) is 4.51. The number of aromatic nitrogens is 2. The molecule has 0 spiro atoms. The van der Waals surface area contributed by atoms with Crippen molar-refractivity contribution < 1.29 is 14.3 Å². The maximum atomic E-state index is 11.3. The molecule has 2 aromatic carbocycles. The first-order valence-corrected chi connectivity index (χ1v) is 9.71. The number of ether oxygens (including phenoxy) is 2. The molecule has 7 nitrogen and oxygen atoms in total. The van der Waals surface area contributed by atoms with E-state index in [4.69, 9.17) is 4.74 Å². The van der Waals surface area contributed by atoms with Crippen LogP contribution in [0.15, 0.2) is 54.6 Å². The Labute approximate surface area is 176 Å². The highest BCUT2D eigenvalue weighted by atomic mass is 16.5. The Kier molecular flexibility index (Phi) is 7.21. The first-order chi connectivity index (χ1) is 14.6. The predicted octanol–water partition coefficient (Wildman–Crippen LogP) is 3.70. The zero-order chi connectivity index (χ0) is 21.3. The fourth-order valence-electron chi connectivity index (χ4n) is 3.01. The Bertz CT molecular complexity index is 1010. The molecule has 1 heterocycles. The molecule has 1 aromatic heterocycles. The van der Waals surface area contributed by atoms with Crippen molar-refractivity contribution in [3.63, 3.8) is 0 Å². The summed E-state index contributed by atoms with van der Waals surface area (Å²) >= 11 is 0. The number of carbonyl (C=O) groups excluding carboxylic acids is 1. The SMILES string of the molecule is COC(=O)CNc1cccc(CCNc2cc(-c3cccc(OC)c3)nc(C)n2)c1. The largest absolute Gasteiger partial charge is 0.497 e. The Morgan fingerprint density at radius 3 is 2.63 bits per heavy atom. The molecule has 0 aliphatic carbocycles. The average Bonchev–Trinajstić information content (AvgIpc) is 2.77. The summed E-state index contributed by atoms with van der Waals surface area (Å²) in [6, 6.07) is 17.7. The van der Waals surface area contributed by atoms with Gasteiger partial charge in [0, 0.05) is 23.9 Å². The molecule has 0 aliphatic heterocycles. The number of anilines is 2. The molecular weight excluding hydrogens is 380 g/mol. The quantitative estimate of drug-likeness (QED) is 0.524. The van der Waals surface area contributed by atoms with Crippen LogP contribution in [0, 0.1) is 6.92 Å². The highest BCUT2D eigenvalue weighted by Crippen LogP contribution is 2.24. The summed E-state index contributed by atoms with van der Waals surface area (Å²) < 4.78 is 9.96. The molecule has 0 amide bonds. The smallest absolute Gasteiger partial charge is 0.325 e. The van der Waals surface area contributed by atoms with Crippen molar-refractivity contribution in [2.45, 2.75) is 13.3 Å². The molecule has 0 radical (unpaired) electrons. The van der Waals surface area contributed by atoms with Crippen LogP contribution in [0.4, 0.5) is 11.5 Å². The second kappa shape index (κ2) is 10.2. The molecule has 30 heavy (non-hydrogen) atoms. The molecular formula is C23H26N4O3. The maximum absolute atomic E-state index is 11.3. The molecule has 0 aliphatic rings. The van der Waals surface area contributed by atoms with Gasteiger partial charge in [-0.15, -0.1) is 0 Å². The zero-order valence-electron chi connectivity index (χ0n) is 17.4. The van der Waals surface area contributed by atoms with Crippen LogP contribution in [0.5, 0.6) is 5.75 Å². The van der Waals surface area contributed by atoms with Crippen molar-refractivity contribution in [2.75, 3.05) is 37.9 Å². The van der Waals surface area contributed by atoms with E-state index in [0.29, 0.717) is 12.4 Å². The molecule has 7 heteroatoms. The lowest BCUT2D eigenvalue weighted by atomic mass is 10.1. The Balaban J connectivity index is 1.62. The van der Waals surface area contributed by atoms with Crippen molar-refractivity contribution in [1.82, 2.24) is 9.97 Å². The van der Waals surface area contributed by atoms with Crippen LogP contribution in [0.1, 0.15) is 11.4 Å². The van der Waals surface area contributed by atoms with Crippen LogP contribution < -0.4 is 15.4 Å². The molecule has 0 bridgehead atoms. The second-order valence-corrected chi connectivity index (χ2v) is 6.72. The number of methoxy groups -OCH3 is 2. The standard InChI is InChI=1S/C23H26N4O3/c1-16-26-21(18-7-5-9-20(13-18)29-2)14-22(27-16)24-11-10-17-6-4-8-19(12-17)25-15-23(28)30-3/h4-9,12-14,25H,10-11,15H2,1-3H3,(H,24,26,27). The van der Waals surface area contributed by atoms with Gasteiger partial charge < -0.3 is 20.1 Å². The van der Waals surface area contributed by atoms with Gasteiger partial charge >= 0.3 is 5.97 Å². The van der Waals surface area contributed by atoms with Gasteiger partial charge in [-0.25, -0.2) is 9.97 Å². The number of hydrogen-bond acceptors (Lipinski definition) is 7. The van der Waals surface area contributed by atoms with E-state index in [9.17, 15) is 4.79 Å². The number of rotatable bonds is 9. The van der Waals surface area contributed by atoms with E-state index in [1.54, 1.807) is 7.11 Å². The van der Waals surface area contributed by atoms with E-state index >= 15 is 0 Å². The number of benzene rings is 2. The van der Waals surface area contributed by atoms with Gasteiger partial charge in [0.1, 0.15) is 23.9 Å². The van der Waals surface area contributed by atoms with Gasteiger partial charge in [-0.3, -0.25) is 4.79 Å². The minimum absolute atomic E-state index is 0.144. The summed E-state index contributed by atoms with van der Waals surface area (Å²) in [5, 5.41) is 6.44. The van der Waals surface area contributed by atoms with Gasteiger partial charge in [0.25, 0.3) is 0 Å². The number of aryl methyl sites for hydroxylation is 1. The van der Waals surface area contributed by atoms with Crippen LogP contribution in [0.2, 0.25) is 0 Å². The van der Waals surface area contributed by atoms with Crippen LogP contribution in [0.25, 0.3) is 11.3 Å². The zero-order valence-corrected chi connectivity index (χ0v) is 17.4. The number of esters is 1. The maximum Gasteiger partial charge on any atom is 0.325 e. The van der Waals surface area contributed by atoms with Gasteiger partial charge in [0.05, 0.1) is 19.9 Å². The van der Waals surface area contributed by atoms with Gasteiger partial charge in [-0.05, 0) is 43.2 Å². The van der Waals surface area contributed by atoms with Crippen LogP contribution >= 0.6 is 0 Å². The van der Waals surface area contributed by atoms with Crippen LogP contribution in [-0.2, 0) is 16.0 Å². The van der Waals surface area contributed by atoms with E-state index in [1.165, 1.54) is 7.11 Å². The van der Waals surface area contributed by atoms with Crippen LogP contribution in [-0.4, -0.2) is 43.2 Å². The first-order valence-electron chi connectivity index (χ1n) is 9.71. The highest BCUT2D eigenvalue weighted by molar-refractivity contribution is 5.74. The Hall–Kier alpha value is -3.61. The van der Waals surface area contributed by atoms with Crippen LogP contribution in [0.3, 0.4) is 0 Å². The normalized spacial score (nSPS) is 10.4. The van der Waals surface area contributed by atoms with Gasteiger partial charge in [0.2, 0.25) is 0 Å². The van der Waals surface area contributed by atoms with Crippen molar-refractivity contribution in [2.24, 2.45) is 0 Å². The molecule has 0 atom stereocenters. The molecule has 0 fully saturated rings. The van der Waals surface area contributed by atoms with E-state index in [-0.39, 0.29) is 12.5 Å². The molecule has 2 N–H and O–H groups in total. The Morgan fingerprint density at radius 2 is 1.83 bits per heavy atom. The summed E-state index contributed by atoms with van der Waals surface area (Å²) in [6.45, 7) is 2.74. The molecule has 3 aromatic rings. The van der Waals surface area contributed by atoms with Crippen molar-refractivity contribution in [3.05, 3.63) is 66.0 Å². The van der Waals surface area contributed by atoms with Crippen molar-refractivity contribution >= 4 is 17.5 Å². The van der Waals surface area contributed by atoms with Gasteiger partial charge in [-0.2, -0.15) is 0 Å². The minimum Gasteiger partial charge on any atom is -0.497 e. The highest BCUT2D eigenvalue weighted by Gasteiger charge is 2.06. The Morgan fingerprint density at radius 1 is 1.00 bits per heavy atom. The topological polar surface area (TPSA) is 85.4 Å². The summed E-state index contributed by atoms with van der Waals surface area (Å²) in [5.41, 5.74) is 3.86. The van der Waals surface area contributed by atoms with Crippen molar-refractivity contribution in [1.29, 1.82) is 0 Å². The predicted molar refractivity (Wildman–Crippen MR) is 118 cm³/mol. The molecule has 0 saturated heterocycles. The lowest BCUT2D eigenvalue weighted by Gasteiger charge is -2.11. The monoisotopic (exact) mass is 406 g/mol. The van der Waals surface area contributed by atoms with E-state index in [2.05, 4.69) is 31.4 Å². The molecule has 3 rings (SSSR count). The average molecular weight is 406 g/mol. The second-order valence-electron chi connectivity index (χ2n) is 6.72. The fraction of sp³-hybridized carbons (Fsp3) is 0.261. The lowest BCUT2D eigenvalue weighted by molar-refractivity contribution is -0.138. The summed E-state index contributed by atoms with van der Waals surface area (Å²) in [4.78, 5) is 20.3. The van der Waals surface area contributed by atoms with E-state index < -0.39 is 0 Å². The van der Waals surface area contributed by atoms with E-state index in [1.807, 2.05) is 55.5 Å². The first kappa shape index (κ1) is 21.1. The van der Waals surface area contributed by atoms with Gasteiger partial charge in [-0.1, -0.05) is 24.3 Å². The number of carbonyl (C=O) groups is 1. The third kappa shape index (κ3) is 5.94. The van der Waals surface area contributed by atoms with Crippen molar-refractivity contribution in [3.8, 4) is 17.0 Å². The molecule has 156 valence electrons. The molecule has 0 unspecified atom stereocenters. The molecule has 0 saturated carbocycles. The lowest BCUT2D eigenvalue weighted by Crippen LogP contribution is -2.15. The van der Waals surface area contributed by atoms with Gasteiger partial charge in [0.15, 0.2) is 0 Å². The summed E-state index contributed by atoms with van der Waals surface area (Å²) in [6.07, 6.45) is 0.811. The number of hydrogen-bond donors (Lipinski definition) is 2. The third-order valence-electron chi connectivity index (χ3n) is 4.51. The summed E-state index contributed by atoms with van der Waals surface area (Å²) in [5.74, 6) is 1.97. The number of nitrogens with one attached hydrogen (secondary N) is 2. The fourth-order valence-corrected chi connectivity index (χ4v) is 3.01. The minimum atomic E-state index is -0.298.